The lowest BCUT2D eigenvalue weighted by Crippen LogP contribution is -2.34. The fraction of sp³-hybridized carbons (Fsp3) is 0.200. The third kappa shape index (κ3) is 3.79. The number of carbonyl (C=O) groups excluding carboxylic acids is 1. The molecule has 0 aliphatic heterocycles. The number of benzene rings is 3. The van der Waals surface area contributed by atoms with Crippen LogP contribution in [-0.2, 0) is 16.0 Å². The van der Waals surface area contributed by atoms with E-state index in [1.54, 1.807) is 12.1 Å². The van der Waals surface area contributed by atoms with Crippen molar-refractivity contribution in [3.8, 4) is 11.1 Å². The summed E-state index contributed by atoms with van der Waals surface area (Å²) >= 11 is 0. The predicted octanol–water partition coefficient (Wildman–Crippen LogP) is 4.91. The SMILES string of the molecule is CCc1ccc([C@@H](NC(=O)OCC2c3ccccc3-c3ccccc32)C(=O)O)cc1. The van der Waals surface area contributed by atoms with Gasteiger partial charge in [0.1, 0.15) is 6.61 Å². The molecule has 0 radical (unpaired) electrons. The van der Waals surface area contributed by atoms with Gasteiger partial charge >= 0.3 is 12.1 Å². The summed E-state index contributed by atoms with van der Waals surface area (Å²) in [7, 11) is 0. The number of alkyl carbamates (subject to hydrolysis) is 1. The van der Waals surface area contributed by atoms with Crippen molar-refractivity contribution in [2.45, 2.75) is 25.3 Å². The Morgan fingerprint density at radius 1 is 0.933 bits per heavy atom. The van der Waals surface area contributed by atoms with E-state index in [1.807, 2.05) is 55.5 Å². The maximum absolute atomic E-state index is 12.4. The van der Waals surface area contributed by atoms with Crippen LogP contribution in [-0.4, -0.2) is 23.8 Å². The summed E-state index contributed by atoms with van der Waals surface area (Å²) < 4.78 is 5.47. The molecule has 5 heteroatoms. The topological polar surface area (TPSA) is 75.6 Å². The maximum atomic E-state index is 12.4. The number of hydrogen-bond acceptors (Lipinski definition) is 3. The van der Waals surface area contributed by atoms with Crippen LogP contribution in [0.3, 0.4) is 0 Å². The van der Waals surface area contributed by atoms with Gasteiger partial charge in [-0.05, 0) is 39.8 Å². The van der Waals surface area contributed by atoms with Crippen molar-refractivity contribution < 1.29 is 19.4 Å². The molecule has 30 heavy (non-hydrogen) atoms. The fourth-order valence-corrected chi connectivity index (χ4v) is 3.99. The first-order chi connectivity index (χ1) is 14.6. The van der Waals surface area contributed by atoms with Crippen molar-refractivity contribution in [2.24, 2.45) is 0 Å². The third-order valence-electron chi connectivity index (χ3n) is 5.57. The van der Waals surface area contributed by atoms with Crippen molar-refractivity contribution in [3.05, 3.63) is 95.1 Å². The first kappa shape index (κ1) is 19.7. The van der Waals surface area contributed by atoms with Crippen LogP contribution in [0.4, 0.5) is 4.79 Å². The summed E-state index contributed by atoms with van der Waals surface area (Å²) in [6.07, 6.45) is 0.112. The van der Waals surface area contributed by atoms with Gasteiger partial charge in [-0.1, -0.05) is 79.7 Å². The Labute approximate surface area is 175 Å². The van der Waals surface area contributed by atoms with Gasteiger partial charge in [0.05, 0.1) is 0 Å². The largest absolute Gasteiger partial charge is 0.479 e. The van der Waals surface area contributed by atoms with Gasteiger partial charge in [-0.15, -0.1) is 0 Å². The highest BCUT2D eigenvalue weighted by Crippen LogP contribution is 2.44. The zero-order chi connectivity index (χ0) is 21.1. The van der Waals surface area contributed by atoms with Gasteiger partial charge < -0.3 is 15.2 Å². The number of carbonyl (C=O) groups is 2. The molecule has 0 saturated carbocycles. The first-order valence-corrected chi connectivity index (χ1v) is 10.0. The number of aliphatic carboxylic acids is 1. The molecule has 3 aromatic rings. The standard InChI is InChI=1S/C25H23NO4/c1-2-16-11-13-17(14-12-16)23(24(27)28)26-25(29)30-15-22-20-9-5-3-7-18(20)19-8-4-6-10-21(19)22/h3-14,22-23H,2,15H2,1H3,(H,26,29)(H,27,28)/t23-/m1/s1. The van der Waals surface area contributed by atoms with Gasteiger partial charge in [-0.3, -0.25) is 0 Å². The molecule has 4 rings (SSSR count). The summed E-state index contributed by atoms with van der Waals surface area (Å²) in [6, 6.07) is 22.1. The molecule has 0 aromatic heterocycles. The lowest BCUT2D eigenvalue weighted by Gasteiger charge is -2.18. The van der Waals surface area contributed by atoms with Crippen LogP contribution in [0.15, 0.2) is 72.8 Å². The number of aryl methyl sites for hydroxylation is 1. The van der Waals surface area contributed by atoms with Crippen molar-refractivity contribution in [2.75, 3.05) is 6.61 Å². The van der Waals surface area contributed by atoms with E-state index in [4.69, 9.17) is 4.74 Å². The summed E-state index contributed by atoms with van der Waals surface area (Å²) in [6.45, 7) is 2.17. The van der Waals surface area contributed by atoms with Crippen molar-refractivity contribution >= 4 is 12.1 Å². The fourth-order valence-electron chi connectivity index (χ4n) is 3.99. The van der Waals surface area contributed by atoms with Gasteiger partial charge in [-0.2, -0.15) is 0 Å². The predicted molar refractivity (Wildman–Crippen MR) is 114 cm³/mol. The molecule has 0 bridgehead atoms. The van der Waals surface area contributed by atoms with E-state index in [2.05, 4.69) is 17.4 Å². The average molecular weight is 401 g/mol. The minimum atomic E-state index is -1.16. The van der Waals surface area contributed by atoms with E-state index < -0.39 is 18.1 Å². The molecule has 0 heterocycles. The average Bonchev–Trinajstić information content (AvgIpc) is 3.10. The van der Waals surface area contributed by atoms with E-state index in [1.165, 1.54) is 0 Å². The highest BCUT2D eigenvalue weighted by Gasteiger charge is 2.30. The number of ether oxygens (including phenoxy) is 1. The van der Waals surface area contributed by atoms with Gasteiger partial charge in [0.15, 0.2) is 6.04 Å². The van der Waals surface area contributed by atoms with E-state index >= 15 is 0 Å². The van der Waals surface area contributed by atoms with Gasteiger partial charge in [0.2, 0.25) is 0 Å². The Morgan fingerprint density at radius 2 is 1.50 bits per heavy atom. The van der Waals surface area contributed by atoms with E-state index in [9.17, 15) is 14.7 Å². The van der Waals surface area contributed by atoms with Crippen LogP contribution >= 0.6 is 0 Å². The number of amides is 1. The Bertz CT molecular complexity index is 1030. The monoisotopic (exact) mass is 401 g/mol. The molecule has 2 N–H and O–H groups in total. The minimum Gasteiger partial charge on any atom is -0.479 e. The number of carboxylic acid groups (broad SMARTS) is 1. The van der Waals surface area contributed by atoms with Gasteiger partial charge in [0, 0.05) is 5.92 Å². The first-order valence-electron chi connectivity index (χ1n) is 10.0. The van der Waals surface area contributed by atoms with E-state index in [0.29, 0.717) is 5.56 Å². The van der Waals surface area contributed by atoms with Gasteiger partial charge in [-0.25, -0.2) is 9.59 Å². The Kier molecular flexibility index (Phi) is 5.53. The summed E-state index contributed by atoms with van der Waals surface area (Å²) in [5.74, 6) is -1.21. The molecular weight excluding hydrogens is 378 g/mol. The Hall–Kier alpha value is -3.60. The number of carboxylic acids is 1. The van der Waals surface area contributed by atoms with E-state index in [-0.39, 0.29) is 12.5 Å². The summed E-state index contributed by atoms with van der Waals surface area (Å²) in [5.41, 5.74) is 6.10. The number of hydrogen-bond donors (Lipinski definition) is 2. The number of nitrogens with one attached hydrogen (secondary N) is 1. The van der Waals surface area contributed by atoms with Crippen molar-refractivity contribution in [1.29, 1.82) is 0 Å². The van der Waals surface area contributed by atoms with Gasteiger partial charge in [0.25, 0.3) is 0 Å². The maximum Gasteiger partial charge on any atom is 0.408 e. The zero-order valence-corrected chi connectivity index (χ0v) is 16.7. The third-order valence-corrected chi connectivity index (χ3v) is 5.57. The molecule has 3 aromatic carbocycles. The summed E-state index contributed by atoms with van der Waals surface area (Å²) in [4.78, 5) is 24.1. The second-order valence-electron chi connectivity index (χ2n) is 7.34. The molecule has 152 valence electrons. The Balaban J connectivity index is 1.47. The molecular formula is C25H23NO4. The van der Waals surface area contributed by atoms with Crippen LogP contribution in [0.5, 0.6) is 0 Å². The lowest BCUT2D eigenvalue weighted by atomic mass is 9.98. The molecule has 0 saturated heterocycles. The minimum absolute atomic E-state index is 0.0738. The highest BCUT2D eigenvalue weighted by molar-refractivity contribution is 5.82. The number of rotatable bonds is 6. The Morgan fingerprint density at radius 3 is 2.03 bits per heavy atom. The quantitative estimate of drug-likeness (QED) is 0.615. The molecule has 1 aliphatic rings. The lowest BCUT2D eigenvalue weighted by molar-refractivity contribution is -0.139. The molecule has 5 nitrogen and oxygen atoms in total. The van der Waals surface area contributed by atoms with Crippen molar-refractivity contribution in [1.82, 2.24) is 5.32 Å². The smallest absolute Gasteiger partial charge is 0.408 e. The van der Waals surface area contributed by atoms with Crippen LogP contribution in [0, 0.1) is 0 Å². The molecule has 0 unspecified atom stereocenters. The molecule has 0 spiro atoms. The van der Waals surface area contributed by atoms with Crippen molar-refractivity contribution in [3.63, 3.8) is 0 Å². The normalized spacial score (nSPS) is 13.2. The highest BCUT2D eigenvalue weighted by atomic mass is 16.5. The second kappa shape index (κ2) is 8.41. The summed E-state index contributed by atoms with van der Waals surface area (Å²) in [5, 5.41) is 12.1. The second-order valence-corrected chi connectivity index (χ2v) is 7.34. The van der Waals surface area contributed by atoms with Crippen LogP contribution in [0.25, 0.3) is 11.1 Å². The molecule has 1 aliphatic carbocycles. The molecule has 1 amide bonds. The van der Waals surface area contributed by atoms with Crippen LogP contribution in [0.2, 0.25) is 0 Å². The van der Waals surface area contributed by atoms with Crippen LogP contribution in [0.1, 0.15) is 41.1 Å². The molecule has 1 atom stereocenters. The van der Waals surface area contributed by atoms with Crippen LogP contribution < -0.4 is 5.32 Å². The molecule has 0 fully saturated rings. The number of fused-ring (bicyclic) bond motifs is 3. The van der Waals surface area contributed by atoms with E-state index in [0.717, 1.165) is 34.2 Å². The zero-order valence-electron chi connectivity index (χ0n) is 16.7.